The molecule has 1 aliphatic heterocycles. The maximum Gasteiger partial charge on any atom is 0.333 e. The van der Waals surface area contributed by atoms with Crippen molar-refractivity contribution in [2.24, 2.45) is 0 Å². The summed E-state index contributed by atoms with van der Waals surface area (Å²) in [7, 11) is 1.41. The highest BCUT2D eigenvalue weighted by Gasteiger charge is 2.22. The van der Waals surface area contributed by atoms with Crippen molar-refractivity contribution in [1.29, 1.82) is 0 Å². The number of benzene rings is 1. The molecule has 0 bridgehead atoms. The van der Waals surface area contributed by atoms with Gasteiger partial charge in [0.05, 0.1) is 38.0 Å². The summed E-state index contributed by atoms with van der Waals surface area (Å²) in [4.78, 5) is 10.6. The van der Waals surface area contributed by atoms with E-state index >= 15 is 0 Å². The summed E-state index contributed by atoms with van der Waals surface area (Å²) in [6, 6.07) is 4.90. The Bertz CT molecular complexity index is 446. The van der Waals surface area contributed by atoms with Crippen molar-refractivity contribution in [3.63, 3.8) is 0 Å². The molecule has 0 amide bonds. The molecule has 1 aromatic rings. The van der Waals surface area contributed by atoms with Crippen LogP contribution in [0.3, 0.4) is 0 Å². The van der Waals surface area contributed by atoms with E-state index in [1.54, 1.807) is 18.2 Å². The van der Waals surface area contributed by atoms with E-state index in [2.05, 4.69) is 5.32 Å². The predicted molar refractivity (Wildman–Crippen MR) is 68.7 cm³/mol. The maximum atomic E-state index is 11.1. The molecule has 1 aliphatic rings. The summed E-state index contributed by atoms with van der Waals surface area (Å²) >= 11 is 0. The van der Waals surface area contributed by atoms with Crippen LogP contribution < -0.4 is 10.1 Å². The van der Waals surface area contributed by atoms with E-state index in [1.807, 2.05) is 0 Å². The van der Waals surface area contributed by atoms with Crippen molar-refractivity contribution in [3.8, 4) is 5.75 Å². The van der Waals surface area contributed by atoms with Crippen molar-refractivity contribution in [1.82, 2.24) is 0 Å². The van der Waals surface area contributed by atoms with Gasteiger partial charge in [0.1, 0.15) is 5.69 Å². The van der Waals surface area contributed by atoms with Gasteiger partial charge in [-0.1, -0.05) is 6.07 Å². The lowest BCUT2D eigenvalue weighted by atomic mass is 10.2. The summed E-state index contributed by atoms with van der Waals surface area (Å²) < 4.78 is 15.7. The van der Waals surface area contributed by atoms with Crippen LogP contribution in [0.5, 0.6) is 5.75 Å². The van der Waals surface area contributed by atoms with E-state index in [0.29, 0.717) is 32.1 Å². The molecule has 0 spiro atoms. The van der Waals surface area contributed by atoms with Gasteiger partial charge in [-0.25, -0.2) is 0 Å². The number of anilines is 1. The van der Waals surface area contributed by atoms with E-state index in [4.69, 9.17) is 14.2 Å². The number of nitro groups is 1. The quantitative estimate of drug-likeness (QED) is 0.642. The van der Waals surface area contributed by atoms with Gasteiger partial charge in [-0.3, -0.25) is 10.1 Å². The van der Waals surface area contributed by atoms with E-state index in [-0.39, 0.29) is 17.5 Å². The Labute approximate surface area is 110 Å². The molecule has 0 radical (unpaired) electrons. The SMILES string of the molecule is COc1cccc(NCC2COCCO2)c1[N+](=O)[O-]. The Hall–Kier alpha value is -1.86. The van der Waals surface area contributed by atoms with Crippen LogP contribution in [0.2, 0.25) is 0 Å². The third-order valence-electron chi connectivity index (χ3n) is 2.81. The third kappa shape index (κ3) is 3.33. The molecular weight excluding hydrogens is 252 g/mol. The molecule has 1 heterocycles. The van der Waals surface area contributed by atoms with Gasteiger partial charge in [0.25, 0.3) is 0 Å². The highest BCUT2D eigenvalue weighted by atomic mass is 16.6. The van der Waals surface area contributed by atoms with Crippen LogP contribution in [-0.4, -0.2) is 44.5 Å². The highest BCUT2D eigenvalue weighted by Crippen LogP contribution is 2.34. The first-order valence-corrected chi connectivity index (χ1v) is 5.97. The zero-order valence-electron chi connectivity index (χ0n) is 10.6. The van der Waals surface area contributed by atoms with Crippen molar-refractivity contribution in [3.05, 3.63) is 28.3 Å². The Morgan fingerprint density at radius 3 is 3.00 bits per heavy atom. The van der Waals surface area contributed by atoms with Gasteiger partial charge in [0, 0.05) is 6.54 Å². The second kappa shape index (κ2) is 6.35. The van der Waals surface area contributed by atoms with Gasteiger partial charge in [-0.2, -0.15) is 0 Å². The number of hydrogen-bond donors (Lipinski definition) is 1. The smallest absolute Gasteiger partial charge is 0.333 e. The zero-order chi connectivity index (χ0) is 13.7. The molecule has 1 saturated heterocycles. The molecule has 1 N–H and O–H groups in total. The average Bonchev–Trinajstić information content (AvgIpc) is 2.45. The van der Waals surface area contributed by atoms with Crippen molar-refractivity contribution in [2.75, 3.05) is 38.8 Å². The summed E-state index contributed by atoms with van der Waals surface area (Å²) in [5, 5.41) is 14.1. The fourth-order valence-corrected chi connectivity index (χ4v) is 1.90. The van der Waals surface area contributed by atoms with Gasteiger partial charge in [0.2, 0.25) is 0 Å². The first-order valence-electron chi connectivity index (χ1n) is 5.97. The van der Waals surface area contributed by atoms with Crippen LogP contribution >= 0.6 is 0 Å². The molecule has 0 saturated carbocycles. The first-order chi connectivity index (χ1) is 9.22. The second-order valence-electron chi connectivity index (χ2n) is 4.06. The lowest BCUT2D eigenvalue weighted by Crippen LogP contribution is -2.34. The summed E-state index contributed by atoms with van der Waals surface area (Å²) in [5.41, 5.74) is 0.347. The fraction of sp³-hybridized carbons (Fsp3) is 0.500. The minimum Gasteiger partial charge on any atom is -0.490 e. The van der Waals surface area contributed by atoms with Crippen LogP contribution in [0.15, 0.2) is 18.2 Å². The molecule has 1 fully saturated rings. The molecule has 0 aromatic heterocycles. The average molecular weight is 268 g/mol. The Morgan fingerprint density at radius 1 is 1.53 bits per heavy atom. The zero-order valence-corrected chi connectivity index (χ0v) is 10.6. The molecule has 7 nitrogen and oxygen atoms in total. The van der Waals surface area contributed by atoms with Crippen molar-refractivity contribution in [2.45, 2.75) is 6.10 Å². The molecule has 1 aromatic carbocycles. The minimum absolute atomic E-state index is 0.0678. The van der Waals surface area contributed by atoms with Gasteiger partial charge in [0.15, 0.2) is 5.75 Å². The second-order valence-corrected chi connectivity index (χ2v) is 4.06. The lowest BCUT2D eigenvalue weighted by molar-refractivity contribution is -0.384. The number of hydrogen-bond acceptors (Lipinski definition) is 6. The molecule has 2 rings (SSSR count). The number of nitro benzene ring substituents is 1. The van der Waals surface area contributed by atoms with E-state index in [0.717, 1.165) is 0 Å². The van der Waals surface area contributed by atoms with Crippen LogP contribution in [0, 0.1) is 10.1 Å². The largest absolute Gasteiger partial charge is 0.490 e. The monoisotopic (exact) mass is 268 g/mol. The number of rotatable bonds is 5. The minimum atomic E-state index is -0.459. The van der Waals surface area contributed by atoms with Crippen LogP contribution in [0.4, 0.5) is 11.4 Å². The van der Waals surface area contributed by atoms with Gasteiger partial charge < -0.3 is 19.5 Å². The molecule has 104 valence electrons. The number of ether oxygens (including phenoxy) is 3. The molecule has 0 aliphatic carbocycles. The van der Waals surface area contributed by atoms with Gasteiger partial charge in [-0.05, 0) is 12.1 Å². The standard InChI is InChI=1S/C12H16N2O5/c1-17-11-4-2-3-10(12(11)14(15)16)13-7-9-8-18-5-6-19-9/h2-4,9,13H,5-8H2,1H3. The summed E-state index contributed by atoms with van der Waals surface area (Å²) in [6.07, 6.45) is -0.0976. The molecule has 7 heteroatoms. The Balaban J connectivity index is 2.08. The molecule has 19 heavy (non-hydrogen) atoms. The third-order valence-corrected chi connectivity index (χ3v) is 2.81. The van der Waals surface area contributed by atoms with Gasteiger partial charge in [-0.15, -0.1) is 0 Å². The normalized spacial score (nSPS) is 18.9. The van der Waals surface area contributed by atoms with E-state index < -0.39 is 4.92 Å². The fourth-order valence-electron chi connectivity index (χ4n) is 1.90. The molecule has 1 atom stereocenters. The number of para-hydroxylation sites is 1. The number of methoxy groups -OCH3 is 1. The van der Waals surface area contributed by atoms with E-state index in [9.17, 15) is 10.1 Å². The van der Waals surface area contributed by atoms with E-state index in [1.165, 1.54) is 7.11 Å². The maximum absolute atomic E-state index is 11.1. The molecular formula is C12H16N2O5. The molecule has 1 unspecified atom stereocenters. The topological polar surface area (TPSA) is 82.9 Å². The van der Waals surface area contributed by atoms with Crippen LogP contribution in [0.25, 0.3) is 0 Å². The number of nitrogens with one attached hydrogen (secondary N) is 1. The summed E-state index contributed by atoms with van der Waals surface area (Å²) in [6.45, 7) is 2.08. The Morgan fingerprint density at radius 2 is 2.37 bits per heavy atom. The van der Waals surface area contributed by atoms with Crippen LogP contribution in [-0.2, 0) is 9.47 Å². The number of nitrogens with zero attached hydrogens (tertiary/aromatic N) is 1. The lowest BCUT2D eigenvalue weighted by Gasteiger charge is -2.23. The predicted octanol–water partition coefficient (Wildman–Crippen LogP) is 1.43. The summed E-state index contributed by atoms with van der Waals surface area (Å²) in [5.74, 6) is 0.232. The van der Waals surface area contributed by atoms with Gasteiger partial charge >= 0.3 is 5.69 Å². The van der Waals surface area contributed by atoms with Crippen molar-refractivity contribution >= 4 is 11.4 Å². The van der Waals surface area contributed by atoms with Crippen molar-refractivity contribution < 1.29 is 19.1 Å². The van der Waals surface area contributed by atoms with Crippen LogP contribution in [0.1, 0.15) is 0 Å². The highest BCUT2D eigenvalue weighted by molar-refractivity contribution is 5.68. The first kappa shape index (κ1) is 13.6. The Kier molecular flexibility index (Phi) is 4.53.